The van der Waals surface area contributed by atoms with E-state index in [1.807, 2.05) is 0 Å². The van der Waals surface area contributed by atoms with Gasteiger partial charge in [0.2, 0.25) is 5.82 Å². The Kier molecular flexibility index (Phi) is 6.77. The van der Waals surface area contributed by atoms with E-state index >= 15 is 0 Å². The van der Waals surface area contributed by atoms with Crippen molar-refractivity contribution in [2.24, 2.45) is 0 Å². The fourth-order valence-corrected chi connectivity index (χ4v) is 4.36. The minimum Gasteiger partial charge on any atom is -0.406 e. The molecule has 0 saturated heterocycles. The number of hydrogen-bond donors (Lipinski definition) is 0. The molecule has 0 unspecified atom stereocenters. The van der Waals surface area contributed by atoms with Gasteiger partial charge in [0.15, 0.2) is 9.84 Å². The lowest BCUT2D eigenvalue weighted by Gasteiger charge is -2.12. The number of ether oxygens (including phenoxy) is 1. The van der Waals surface area contributed by atoms with Gasteiger partial charge in [-0.2, -0.15) is 13.2 Å². The van der Waals surface area contributed by atoms with Crippen molar-refractivity contribution in [1.82, 2.24) is 19.7 Å². The van der Waals surface area contributed by atoms with Crippen molar-refractivity contribution >= 4 is 9.84 Å². The van der Waals surface area contributed by atoms with Crippen LogP contribution in [-0.2, 0) is 16.0 Å². The predicted octanol–water partition coefficient (Wildman–Crippen LogP) is 4.66. The van der Waals surface area contributed by atoms with E-state index in [1.54, 1.807) is 0 Å². The van der Waals surface area contributed by atoms with E-state index in [0.29, 0.717) is 16.8 Å². The third kappa shape index (κ3) is 5.53. The van der Waals surface area contributed by atoms with Crippen molar-refractivity contribution < 1.29 is 44.0 Å². The summed E-state index contributed by atoms with van der Waals surface area (Å²) < 4.78 is 111. The summed E-state index contributed by atoms with van der Waals surface area (Å²) >= 11 is 0. The van der Waals surface area contributed by atoms with Crippen molar-refractivity contribution in [2.45, 2.75) is 24.4 Å². The molecule has 0 aliphatic carbocycles. The van der Waals surface area contributed by atoms with Gasteiger partial charge in [-0.15, -0.1) is 13.2 Å². The Morgan fingerprint density at radius 3 is 2.18 bits per heavy atom. The maximum atomic E-state index is 12.9. The molecule has 4 aromatic rings. The van der Waals surface area contributed by atoms with Crippen LogP contribution in [0.4, 0.5) is 26.3 Å². The van der Waals surface area contributed by atoms with Crippen molar-refractivity contribution in [3.05, 3.63) is 71.0 Å². The molecule has 16 heteroatoms. The summed E-state index contributed by atoms with van der Waals surface area (Å²) in [5.41, 5.74) is -0.978. The Morgan fingerprint density at radius 1 is 0.947 bits per heavy atom. The van der Waals surface area contributed by atoms with Gasteiger partial charge < -0.3 is 4.74 Å². The summed E-state index contributed by atoms with van der Waals surface area (Å²) in [5.74, 6) is -2.87. The molecule has 0 spiro atoms. The van der Waals surface area contributed by atoms with Gasteiger partial charge >= 0.3 is 18.3 Å². The first-order valence-corrected chi connectivity index (χ1v) is 12.1. The van der Waals surface area contributed by atoms with E-state index < -0.39 is 55.9 Å². The van der Waals surface area contributed by atoms with E-state index in [9.17, 15) is 39.6 Å². The largest absolute Gasteiger partial charge is 0.573 e. The number of pyridine rings is 2. The van der Waals surface area contributed by atoms with Crippen LogP contribution in [0.5, 0.6) is 5.75 Å². The van der Waals surface area contributed by atoms with Gasteiger partial charge in [0.25, 0.3) is 0 Å². The molecule has 4 rings (SSSR count). The Balaban J connectivity index is 1.82. The van der Waals surface area contributed by atoms with E-state index in [-0.39, 0.29) is 22.6 Å². The monoisotopic (exact) mass is 560 g/mol. The highest BCUT2D eigenvalue weighted by Gasteiger charge is 2.32. The topological polar surface area (TPSA) is 117 Å². The summed E-state index contributed by atoms with van der Waals surface area (Å²) in [6.45, 7) is 1.34. The molecule has 38 heavy (non-hydrogen) atoms. The average Bonchev–Trinajstić information content (AvgIpc) is 3.24. The van der Waals surface area contributed by atoms with Crippen LogP contribution in [0.25, 0.3) is 28.5 Å². The van der Waals surface area contributed by atoms with Gasteiger partial charge in [-0.25, -0.2) is 22.8 Å². The Morgan fingerprint density at radius 2 is 1.63 bits per heavy atom. The van der Waals surface area contributed by atoms with Crippen LogP contribution < -0.4 is 10.5 Å². The van der Waals surface area contributed by atoms with E-state index in [4.69, 9.17) is 0 Å². The number of sulfone groups is 1. The normalized spacial score (nSPS) is 12.5. The number of benzene rings is 1. The zero-order valence-electron chi connectivity index (χ0n) is 18.9. The lowest BCUT2D eigenvalue weighted by molar-refractivity contribution is -0.274. The third-order valence-corrected chi connectivity index (χ3v) is 6.85. The summed E-state index contributed by atoms with van der Waals surface area (Å²) in [4.78, 5) is 19.6. The predicted molar refractivity (Wildman–Crippen MR) is 118 cm³/mol. The summed E-state index contributed by atoms with van der Waals surface area (Å²) in [5, 5.41) is 3.55. The molecular formula is C22H14F6N4O5S. The molecule has 1 aromatic carbocycles. The second-order valence-electron chi connectivity index (χ2n) is 7.56. The molecule has 0 N–H and O–H groups in total. The molecule has 0 aliphatic heterocycles. The number of alkyl halides is 6. The van der Waals surface area contributed by atoms with Gasteiger partial charge in [0.05, 0.1) is 16.2 Å². The quantitative estimate of drug-likeness (QED) is 0.313. The van der Waals surface area contributed by atoms with Gasteiger partial charge in [-0.05, 0) is 35.9 Å². The minimum atomic E-state index is -4.90. The molecule has 0 aliphatic rings. The first kappa shape index (κ1) is 26.8. The maximum absolute atomic E-state index is 12.9. The summed E-state index contributed by atoms with van der Waals surface area (Å²) in [6, 6.07) is 7.25. The fraction of sp³-hybridized carbons (Fsp3) is 0.182. The van der Waals surface area contributed by atoms with E-state index in [2.05, 4.69) is 24.4 Å². The second kappa shape index (κ2) is 9.59. The molecule has 200 valence electrons. The molecule has 0 amide bonds. The SMILES string of the molecule is CCS(=O)(=O)c1cc(-c2ccc(OC(F)(F)F)cc2)cnc1-c1noc(=O)n1-c1ccc(C(F)(F)F)cn1. The molecule has 3 heterocycles. The van der Waals surface area contributed by atoms with Crippen molar-refractivity contribution in [1.29, 1.82) is 0 Å². The van der Waals surface area contributed by atoms with Crippen LogP contribution in [0.3, 0.4) is 0 Å². The number of aromatic nitrogens is 4. The molecule has 0 bridgehead atoms. The Hall–Kier alpha value is -4.21. The van der Waals surface area contributed by atoms with Crippen LogP contribution in [0.2, 0.25) is 0 Å². The highest BCUT2D eigenvalue weighted by molar-refractivity contribution is 7.91. The molecule has 0 radical (unpaired) electrons. The zero-order chi connectivity index (χ0) is 27.9. The number of hydrogen-bond acceptors (Lipinski definition) is 8. The number of nitrogens with zero attached hydrogens (tertiary/aromatic N) is 4. The lowest BCUT2D eigenvalue weighted by Crippen LogP contribution is -2.17. The van der Waals surface area contributed by atoms with Crippen LogP contribution in [0, 0.1) is 0 Å². The smallest absolute Gasteiger partial charge is 0.406 e. The number of halogens is 6. The van der Waals surface area contributed by atoms with Crippen LogP contribution in [0.1, 0.15) is 12.5 Å². The fourth-order valence-electron chi connectivity index (χ4n) is 3.30. The third-order valence-electron chi connectivity index (χ3n) is 5.11. The van der Waals surface area contributed by atoms with E-state index in [1.165, 1.54) is 31.3 Å². The van der Waals surface area contributed by atoms with Crippen LogP contribution in [-0.4, -0.2) is 40.2 Å². The van der Waals surface area contributed by atoms with Crippen LogP contribution >= 0.6 is 0 Å². The maximum Gasteiger partial charge on any atom is 0.573 e. The Labute approximate surface area is 209 Å². The molecule has 0 fully saturated rings. The first-order valence-electron chi connectivity index (χ1n) is 10.4. The standard InChI is InChI=1S/C22H14F6N4O5S/c1-2-38(34,35)16-9-13(12-3-6-15(7-4-12)36-22(26,27)28)10-30-18(16)19-31-37-20(33)32(19)17-8-5-14(11-29-17)21(23,24)25/h3-11H,2H2,1H3. The van der Waals surface area contributed by atoms with Gasteiger partial charge in [-0.3, -0.25) is 9.51 Å². The summed E-state index contributed by atoms with van der Waals surface area (Å²) in [6.07, 6.45) is -7.94. The van der Waals surface area contributed by atoms with Gasteiger partial charge in [0.1, 0.15) is 17.3 Å². The van der Waals surface area contributed by atoms with Crippen molar-refractivity contribution in [3.63, 3.8) is 0 Å². The molecule has 0 atom stereocenters. The molecular weight excluding hydrogens is 546 g/mol. The second-order valence-corrected chi connectivity index (χ2v) is 9.80. The first-order chi connectivity index (χ1) is 17.7. The summed E-state index contributed by atoms with van der Waals surface area (Å²) in [7, 11) is -4.06. The van der Waals surface area contributed by atoms with E-state index in [0.717, 1.165) is 18.2 Å². The Bertz CT molecular complexity index is 1630. The molecule has 9 nitrogen and oxygen atoms in total. The molecule has 0 saturated carbocycles. The highest BCUT2D eigenvalue weighted by atomic mass is 32.2. The lowest BCUT2D eigenvalue weighted by atomic mass is 10.1. The number of rotatable bonds is 6. The van der Waals surface area contributed by atoms with Gasteiger partial charge in [0, 0.05) is 18.0 Å². The molecule has 3 aromatic heterocycles. The van der Waals surface area contributed by atoms with Crippen molar-refractivity contribution in [3.8, 4) is 34.2 Å². The minimum absolute atomic E-state index is 0.185. The average molecular weight is 560 g/mol. The van der Waals surface area contributed by atoms with Crippen LogP contribution in [0.15, 0.2) is 69.1 Å². The highest BCUT2D eigenvalue weighted by Crippen LogP contribution is 2.33. The van der Waals surface area contributed by atoms with Gasteiger partial charge in [-0.1, -0.05) is 24.2 Å². The van der Waals surface area contributed by atoms with Crippen molar-refractivity contribution in [2.75, 3.05) is 5.75 Å². The zero-order valence-corrected chi connectivity index (χ0v) is 19.7.